The number of nitrogens with one attached hydrogen (secondary N) is 3. The Morgan fingerprint density at radius 1 is 1.11 bits per heavy atom. The van der Waals surface area contributed by atoms with E-state index in [1.54, 1.807) is 13.2 Å². The van der Waals surface area contributed by atoms with Crippen LogP contribution < -0.4 is 24.8 Å². The summed E-state index contributed by atoms with van der Waals surface area (Å²) in [6.45, 7) is 4.30. The number of methoxy groups -OCH3 is 1. The molecular formula is C41H49N5O10S. The first kappa shape index (κ1) is 38.9. The van der Waals surface area contributed by atoms with Crippen LogP contribution in [0.5, 0.6) is 11.6 Å². The lowest BCUT2D eigenvalue weighted by Gasteiger charge is -2.32. The van der Waals surface area contributed by atoms with E-state index in [1.165, 1.54) is 11.0 Å². The number of rotatable bonds is 8. The minimum atomic E-state index is -3.91. The molecule has 2 bridgehead atoms. The SMILES string of the molecule is C=C[C@@H]1C[C@]1(NC(=O)[C@@H]1C[C@@H]2CN1C(=O)[C@H](C1CCCC1)NC(=O)O[C@@H]1COC/C1=C\CC/C=C/c1cc3ccc(OC)cc3nc1O2)C(=O)NS(=O)(=O)C1CC1. The van der Waals surface area contributed by atoms with Gasteiger partial charge >= 0.3 is 6.09 Å². The summed E-state index contributed by atoms with van der Waals surface area (Å²) in [7, 11) is -2.33. The Kier molecular flexibility index (Phi) is 10.8. The standard InChI is InChI=1S/C41H49N5O10S/c1-3-28-20-41(28,39(49)45-57(51,52)31-15-16-31)44-36(47)33-19-30-21-46(33)38(48)35(24-9-7-8-10-24)43-40(50)56-34-23-54-22-27(34)12-6-4-5-11-26-17-25-13-14-29(53-2)18-32(25)42-37(26)55-30/h3,5,11-14,17-18,24,28,30-31,33-35H,1,4,6-10,15-16,19-23H2,2H3,(H,43,50)(H,44,47)(H,45,49)/b11-5+,27-12+/t28-,30-,33+,34-,35+,41-/m1/s1. The molecule has 1 aromatic heterocycles. The van der Waals surface area contributed by atoms with E-state index in [-0.39, 0.29) is 31.9 Å². The summed E-state index contributed by atoms with van der Waals surface area (Å²) < 4.78 is 51.3. The normalized spacial score (nSPS) is 30.9. The second kappa shape index (κ2) is 15.8. The predicted molar refractivity (Wildman–Crippen MR) is 208 cm³/mol. The Morgan fingerprint density at radius 2 is 1.91 bits per heavy atom. The molecular weight excluding hydrogens is 755 g/mol. The van der Waals surface area contributed by atoms with Gasteiger partial charge in [-0.2, -0.15) is 0 Å². The van der Waals surface area contributed by atoms with E-state index < -0.39 is 74.8 Å². The van der Waals surface area contributed by atoms with Crippen molar-refractivity contribution in [3.63, 3.8) is 0 Å². The number of hydrogen-bond donors (Lipinski definition) is 3. The number of carbonyl (C=O) groups is 4. The van der Waals surface area contributed by atoms with Crippen molar-refractivity contribution in [1.82, 2.24) is 25.2 Å². The first-order valence-electron chi connectivity index (χ1n) is 19.8. The molecule has 57 heavy (non-hydrogen) atoms. The lowest BCUT2D eigenvalue weighted by Crippen LogP contribution is -2.59. The number of sulfonamides is 1. The zero-order valence-electron chi connectivity index (χ0n) is 31.9. The lowest BCUT2D eigenvalue weighted by atomic mass is 9.96. The zero-order valence-corrected chi connectivity index (χ0v) is 32.8. The predicted octanol–water partition coefficient (Wildman–Crippen LogP) is 3.68. The topological polar surface area (TPSA) is 192 Å². The fourth-order valence-corrected chi connectivity index (χ4v) is 9.90. The number of pyridine rings is 1. The molecule has 4 heterocycles. The third-order valence-electron chi connectivity index (χ3n) is 12.0. The molecule has 8 rings (SSSR count). The average Bonchev–Trinajstić information content (AvgIpc) is 3.98. The lowest BCUT2D eigenvalue weighted by molar-refractivity contribution is -0.142. The fourth-order valence-electron chi connectivity index (χ4n) is 8.54. The van der Waals surface area contributed by atoms with Crippen LogP contribution in [-0.4, -0.2) is 104 Å². The molecule has 15 nitrogen and oxygen atoms in total. The number of carbonyl (C=O) groups excluding carboxylic acids is 4. The third-order valence-corrected chi connectivity index (χ3v) is 13.9. The minimum Gasteiger partial charge on any atom is -0.497 e. The number of benzene rings is 1. The van der Waals surface area contributed by atoms with Crippen LogP contribution in [0.25, 0.3) is 17.0 Å². The number of amides is 4. The van der Waals surface area contributed by atoms with Gasteiger partial charge in [0.15, 0.2) is 6.10 Å². The number of nitrogens with zero attached hydrogens (tertiary/aromatic N) is 2. The molecule has 6 aliphatic rings. The maximum atomic E-state index is 14.8. The van der Waals surface area contributed by atoms with Gasteiger partial charge in [-0.1, -0.05) is 37.1 Å². The van der Waals surface area contributed by atoms with Crippen molar-refractivity contribution in [2.24, 2.45) is 11.8 Å². The highest BCUT2D eigenvalue weighted by Crippen LogP contribution is 2.46. The molecule has 3 N–H and O–H groups in total. The smallest absolute Gasteiger partial charge is 0.408 e. The molecule has 4 amide bonds. The Morgan fingerprint density at radius 3 is 2.65 bits per heavy atom. The van der Waals surface area contributed by atoms with Crippen LogP contribution in [0.3, 0.4) is 0 Å². The van der Waals surface area contributed by atoms with Crippen LogP contribution in [-0.2, 0) is 33.9 Å². The van der Waals surface area contributed by atoms with Gasteiger partial charge in [-0.25, -0.2) is 18.2 Å². The summed E-state index contributed by atoms with van der Waals surface area (Å²) in [5.41, 5.74) is 0.615. The first-order valence-corrected chi connectivity index (χ1v) is 21.4. The van der Waals surface area contributed by atoms with Crippen LogP contribution in [0, 0.1) is 11.8 Å². The number of fused-ring (bicyclic) bond motifs is 5. The van der Waals surface area contributed by atoms with Gasteiger partial charge in [-0.15, -0.1) is 6.58 Å². The van der Waals surface area contributed by atoms with Crippen LogP contribution in [0.1, 0.15) is 69.8 Å². The summed E-state index contributed by atoms with van der Waals surface area (Å²) in [5.74, 6) is -1.77. The number of alkyl carbamates (subject to hydrolysis) is 1. The maximum absolute atomic E-state index is 14.8. The average molecular weight is 804 g/mol. The van der Waals surface area contributed by atoms with Gasteiger partial charge in [0.25, 0.3) is 5.91 Å². The van der Waals surface area contributed by atoms with Crippen molar-refractivity contribution in [1.29, 1.82) is 0 Å². The van der Waals surface area contributed by atoms with Crippen molar-refractivity contribution >= 4 is 50.8 Å². The quantitative estimate of drug-likeness (QED) is 0.330. The fraction of sp³-hybridized carbons (Fsp3) is 0.537. The second-order valence-corrected chi connectivity index (χ2v) is 17.9. The van der Waals surface area contributed by atoms with Gasteiger partial charge < -0.3 is 34.5 Å². The summed E-state index contributed by atoms with van der Waals surface area (Å²) in [4.78, 5) is 62.7. The van der Waals surface area contributed by atoms with Crippen LogP contribution in [0.2, 0.25) is 0 Å². The zero-order chi connectivity index (χ0) is 39.9. The van der Waals surface area contributed by atoms with E-state index in [1.807, 2.05) is 36.4 Å². The number of aromatic nitrogens is 1. The molecule has 3 aliphatic heterocycles. The highest BCUT2D eigenvalue weighted by molar-refractivity contribution is 7.91. The Balaban J connectivity index is 1.15. The molecule has 3 aliphatic carbocycles. The van der Waals surface area contributed by atoms with Gasteiger partial charge in [0.2, 0.25) is 27.7 Å². The van der Waals surface area contributed by atoms with Crippen molar-refractivity contribution in [2.75, 3.05) is 26.9 Å². The molecule has 5 fully saturated rings. The summed E-state index contributed by atoms with van der Waals surface area (Å²) in [5, 5.41) is 5.92. The molecule has 0 radical (unpaired) electrons. The van der Waals surface area contributed by atoms with E-state index in [2.05, 4.69) is 21.9 Å². The van der Waals surface area contributed by atoms with Crippen molar-refractivity contribution in [2.45, 2.75) is 99.3 Å². The van der Waals surface area contributed by atoms with Gasteiger partial charge in [0, 0.05) is 29.4 Å². The van der Waals surface area contributed by atoms with Crippen molar-refractivity contribution < 1.29 is 46.5 Å². The van der Waals surface area contributed by atoms with E-state index in [4.69, 9.17) is 23.9 Å². The van der Waals surface area contributed by atoms with Crippen molar-refractivity contribution in [3.8, 4) is 11.6 Å². The van der Waals surface area contributed by atoms with Gasteiger partial charge in [0.1, 0.15) is 29.5 Å². The molecule has 0 spiro atoms. The monoisotopic (exact) mass is 803 g/mol. The second-order valence-electron chi connectivity index (χ2n) is 15.9. The number of allylic oxidation sites excluding steroid dienone is 2. The maximum Gasteiger partial charge on any atom is 0.408 e. The molecule has 6 atom stereocenters. The van der Waals surface area contributed by atoms with Crippen LogP contribution >= 0.6 is 0 Å². The van der Waals surface area contributed by atoms with Gasteiger partial charge in [0.05, 0.1) is 37.6 Å². The molecule has 3 saturated carbocycles. The van der Waals surface area contributed by atoms with Gasteiger partial charge in [-0.05, 0) is 74.6 Å². The van der Waals surface area contributed by atoms with Gasteiger partial charge in [-0.3, -0.25) is 19.1 Å². The Hall–Kier alpha value is -4.96. The van der Waals surface area contributed by atoms with E-state index in [0.717, 1.165) is 23.8 Å². The summed E-state index contributed by atoms with van der Waals surface area (Å²) in [6, 6.07) is 5.39. The molecule has 0 unspecified atom stereocenters. The van der Waals surface area contributed by atoms with Crippen LogP contribution in [0.15, 0.2) is 54.6 Å². The van der Waals surface area contributed by atoms with E-state index in [9.17, 15) is 27.6 Å². The molecule has 2 saturated heterocycles. The summed E-state index contributed by atoms with van der Waals surface area (Å²) >= 11 is 0. The molecule has 1 aromatic carbocycles. The first-order chi connectivity index (χ1) is 27.5. The summed E-state index contributed by atoms with van der Waals surface area (Å²) in [6.07, 6.45) is 11.0. The Labute approximate surface area is 331 Å². The highest BCUT2D eigenvalue weighted by Gasteiger charge is 2.62. The van der Waals surface area contributed by atoms with Crippen molar-refractivity contribution in [3.05, 3.63) is 60.2 Å². The highest BCUT2D eigenvalue weighted by atomic mass is 32.2. The van der Waals surface area contributed by atoms with Crippen LogP contribution in [0.4, 0.5) is 4.79 Å². The largest absolute Gasteiger partial charge is 0.497 e. The molecule has 304 valence electrons. The number of ether oxygens (including phenoxy) is 4. The molecule has 16 heteroatoms. The minimum absolute atomic E-state index is 0.0264. The number of hydrogen-bond acceptors (Lipinski definition) is 11. The Bertz CT molecular complexity index is 2130. The third kappa shape index (κ3) is 8.11. The molecule has 2 aromatic rings. The van der Waals surface area contributed by atoms with E-state index in [0.29, 0.717) is 67.8 Å². The van der Waals surface area contributed by atoms with E-state index >= 15 is 0 Å².